The van der Waals surface area contributed by atoms with E-state index in [1.54, 1.807) is 18.2 Å². The lowest BCUT2D eigenvalue weighted by molar-refractivity contribution is -0.141. The molecule has 1 unspecified atom stereocenters. The Morgan fingerprint density at radius 1 is 1.60 bits per heavy atom. The van der Waals surface area contributed by atoms with Crippen LogP contribution in [0.1, 0.15) is 25.5 Å². The van der Waals surface area contributed by atoms with Crippen LogP contribution in [0.4, 0.5) is 0 Å². The fraction of sp³-hybridized carbons (Fsp3) is 0.250. The van der Waals surface area contributed by atoms with Gasteiger partial charge in [0.15, 0.2) is 5.78 Å². The Hall–Kier alpha value is -2.36. The minimum Gasteiger partial charge on any atom is -0.465 e. The van der Waals surface area contributed by atoms with Crippen molar-refractivity contribution in [2.75, 3.05) is 0 Å². The number of ketones is 1. The van der Waals surface area contributed by atoms with Crippen molar-refractivity contribution >= 4 is 17.8 Å². The Kier molecular flexibility index (Phi) is 4.35. The quantitative estimate of drug-likeness (QED) is 0.469. The van der Waals surface area contributed by atoms with Gasteiger partial charge < -0.3 is 9.15 Å². The number of hydrogen-bond acceptors (Lipinski definition) is 4. The second-order valence-electron chi connectivity index (χ2n) is 4.56. The maximum atomic E-state index is 11.8. The summed E-state index contributed by atoms with van der Waals surface area (Å²) >= 11 is 0. The lowest BCUT2D eigenvalue weighted by atomic mass is 10.1. The van der Waals surface area contributed by atoms with E-state index in [2.05, 4.69) is 6.58 Å². The number of Topliss-reactive ketones (excluding diaryl/α,β-unsaturated/α-hetero) is 1. The number of furan rings is 1. The third-order valence-electron chi connectivity index (χ3n) is 3.20. The average Bonchev–Trinajstić information content (AvgIpc) is 3.01. The van der Waals surface area contributed by atoms with Crippen LogP contribution < -0.4 is 0 Å². The molecule has 0 spiro atoms. The summed E-state index contributed by atoms with van der Waals surface area (Å²) in [6.07, 6.45) is 6.29. The number of ether oxygens (including phenoxy) is 1. The molecule has 104 valence electrons. The van der Waals surface area contributed by atoms with Crippen LogP contribution in [-0.2, 0) is 14.3 Å². The molecule has 0 amide bonds. The maximum absolute atomic E-state index is 11.8. The number of carbonyl (C=O) groups is 2. The monoisotopic (exact) mass is 272 g/mol. The fourth-order valence-electron chi connectivity index (χ4n) is 2.12. The molecule has 4 heteroatoms. The van der Waals surface area contributed by atoms with Gasteiger partial charge in [-0.2, -0.15) is 0 Å². The molecule has 0 radical (unpaired) electrons. The molecule has 0 bridgehead atoms. The Balaban J connectivity index is 1.98. The van der Waals surface area contributed by atoms with Crippen molar-refractivity contribution in [3.63, 3.8) is 0 Å². The molecule has 4 nitrogen and oxygen atoms in total. The van der Waals surface area contributed by atoms with Gasteiger partial charge in [0.25, 0.3) is 0 Å². The molecule has 0 aliphatic heterocycles. The molecule has 1 aliphatic carbocycles. The van der Waals surface area contributed by atoms with E-state index in [9.17, 15) is 9.59 Å². The van der Waals surface area contributed by atoms with E-state index < -0.39 is 12.1 Å². The third kappa shape index (κ3) is 3.15. The first-order valence-electron chi connectivity index (χ1n) is 6.37. The SMILES string of the molecule is C=CCC1=C(C)C(OC(=O)C=Cc2ccco2)CC1=O. The minimum atomic E-state index is -0.488. The summed E-state index contributed by atoms with van der Waals surface area (Å²) in [7, 11) is 0. The largest absolute Gasteiger partial charge is 0.465 e. The van der Waals surface area contributed by atoms with Crippen molar-refractivity contribution in [1.29, 1.82) is 0 Å². The van der Waals surface area contributed by atoms with Crippen LogP contribution in [0.5, 0.6) is 0 Å². The first-order chi connectivity index (χ1) is 9.61. The van der Waals surface area contributed by atoms with Crippen molar-refractivity contribution in [2.24, 2.45) is 0 Å². The second kappa shape index (κ2) is 6.19. The van der Waals surface area contributed by atoms with Crippen LogP contribution in [0, 0.1) is 0 Å². The lowest BCUT2D eigenvalue weighted by Crippen LogP contribution is -2.16. The highest BCUT2D eigenvalue weighted by Gasteiger charge is 2.30. The van der Waals surface area contributed by atoms with Crippen molar-refractivity contribution in [1.82, 2.24) is 0 Å². The van der Waals surface area contributed by atoms with Gasteiger partial charge >= 0.3 is 5.97 Å². The summed E-state index contributed by atoms with van der Waals surface area (Å²) in [5, 5.41) is 0. The Morgan fingerprint density at radius 3 is 3.05 bits per heavy atom. The third-order valence-corrected chi connectivity index (χ3v) is 3.20. The summed E-state index contributed by atoms with van der Waals surface area (Å²) in [6.45, 7) is 5.44. The average molecular weight is 272 g/mol. The van der Waals surface area contributed by atoms with Crippen LogP contribution in [0.3, 0.4) is 0 Å². The van der Waals surface area contributed by atoms with E-state index in [-0.39, 0.29) is 12.2 Å². The second-order valence-corrected chi connectivity index (χ2v) is 4.56. The summed E-state index contributed by atoms with van der Waals surface area (Å²) in [6, 6.07) is 3.46. The van der Waals surface area contributed by atoms with E-state index in [0.29, 0.717) is 17.8 Å². The molecule has 0 N–H and O–H groups in total. The highest BCUT2D eigenvalue weighted by molar-refractivity contribution is 6.00. The van der Waals surface area contributed by atoms with Gasteiger partial charge in [-0.15, -0.1) is 6.58 Å². The van der Waals surface area contributed by atoms with Gasteiger partial charge in [0.1, 0.15) is 11.9 Å². The summed E-state index contributed by atoms with van der Waals surface area (Å²) in [5.74, 6) is 0.109. The first-order valence-corrected chi connectivity index (χ1v) is 6.37. The highest BCUT2D eigenvalue weighted by Crippen LogP contribution is 2.28. The van der Waals surface area contributed by atoms with Gasteiger partial charge in [-0.25, -0.2) is 4.79 Å². The maximum Gasteiger partial charge on any atom is 0.331 e. The molecule has 0 aromatic carbocycles. The van der Waals surface area contributed by atoms with Crippen LogP contribution in [0.15, 0.2) is 52.7 Å². The molecule has 0 saturated heterocycles. The van der Waals surface area contributed by atoms with Gasteiger partial charge in [0, 0.05) is 11.6 Å². The smallest absolute Gasteiger partial charge is 0.331 e. The molecule has 1 aliphatic rings. The predicted octanol–water partition coefficient (Wildman–Crippen LogP) is 3.07. The Bertz CT molecular complexity index is 576. The lowest BCUT2D eigenvalue weighted by Gasteiger charge is -2.11. The van der Waals surface area contributed by atoms with E-state index in [1.807, 2.05) is 6.92 Å². The van der Waals surface area contributed by atoms with E-state index in [1.165, 1.54) is 18.4 Å². The number of rotatable bonds is 5. The molecule has 1 atom stereocenters. The topological polar surface area (TPSA) is 56.5 Å². The summed E-state index contributed by atoms with van der Waals surface area (Å²) in [4.78, 5) is 23.5. The zero-order valence-electron chi connectivity index (χ0n) is 11.3. The van der Waals surface area contributed by atoms with Gasteiger partial charge in [0.2, 0.25) is 0 Å². The van der Waals surface area contributed by atoms with Crippen molar-refractivity contribution < 1.29 is 18.7 Å². The molecule has 2 rings (SSSR count). The van der Waals surface area contributed by atoms with Crippen LogP contribution in [-0.4, -0.2) is 17.9 Å². The fourth-order valence-corrected chi connectivity index (χ4v) is 2.12. The van der Waals surface area contributed by atoms with Gasteiger partial charge in [-0.05, 0) is 37.1 Å². The van der Waals surface area contributed by atoms with Crippen LogP contribution in [0.25, 0.3) is 6.08 Å². The summed E-state index contributed by atoms with van der Waals surface area (Å²) < 4.78 is 10.4. The summed E-state index contributed by atoms with van der Waals surface area (Å²) in [5.41, 5.74) is 1.52. The van der Waals surface area contributed by atoms with Crippen LogP contribution >= 0.6 is 0 Å². The Morgan fingerprint density at radius 2 is 2.40 bits per heavy atom. The molecule has 1 aromatic heterocycles. The van der Waals surface area contributed by atoms with E-state index >= 15 is 0 Å². The first kappa shape index (κ1) is 14.1. The molecule has 20 heavy (non-hydrogen) atoms. The number of esters is 1. The molecule has 1 aromatic rings. The predicted molar refractivity (Wildman–Crippen MR) is 74.8 cm³/mol. The van der Waals surface area contributed by atoms with Gasteiger partial charge in [-0.1, -0.05) is 6.08 Å². The number of hydrogen-bond donors (Lipinski definition) is 0. The van der Waals surface area contributed by atoms with Crippen molar-refractivity contribution in [2.45, 2.75) is 25.9 Å². The molecule has 0 fully saturated rings. The van der Waals surface area contributed by atoms with Crippen LogP contribution in [0.2, 0.25) is 0 Å². The van der Waals surface area contributed by atoms with E-state index in [4.69, 9.17) is 9.15 Å². The van der Waals surface area contributed by atoms with E-state index in [0.717, 1.165) is 5.57 Å². The standard InChI is InChI=1S/C16H16O4/c1-3-5-13-11(2)15(10-14(13)17)20-16(18)8-7-12-6-4-9-19-12/h3-4,6-9,15H,1,5,10H2,2H3. The number of allylic oxidation sites excluding steroid dienone is 2. The molecular weight excluding hydrogens is 256 g/mol. The van der Waals surface area contributed by atoms with Crippen molar-refractivity contribution in [3.05, 3.63) is 54.0 Å². The Labute approximate surface area is 117 Å². The van der Waals surface area contributed by atoms with Gasteiger partial charge in [0.05, 0.1) is 12.7 Å². The highest BCUT2D eigenvalue weighted by atomic mass is 16.5. The van der Waals surface area contributed by atoms with Crippen molar-refractivity contribution in [3.8, 4) is 0 Å². The zero-order chi connectivity index (χ0) is 14.5. The number of carbonyl (C=O) groups excluding carboxylic acids is 2. The van der Waals surface area contributed by atoms with Gasteiger partial charge in [-0.3, -0.25) is 4.79 Å². The molecule has 0 saturated carbocycles. The zero-order valence-corrected chi connectivity index (χ0v) is 11.3. The minimum absolute atomic E-state index is 0.0233. The normalized spacial score (nSPS) is 18.9. The molecule has 1 heterocycles. The molecular formula is C16H16O4.